The first-order valence-corrected chi connectivity index (χ1v) is 33.8. The average molecular weight is 1380 g/mol. The van der Waals surface area contributed by atoms with Crippen LogP contribution in [-0.4, -0.2) is 119 Å². The fourth-order valence-corrected chi connectivity index (χ4v) is 12.0. The molecule has 0 aliphatic rings. The van der Waals surface area contributed by atoms with Gasteiger partial charge in [-0.25, -0.2) is 26.8 Å². The van der Waals surface area contributed by atoms with Crippen molar-refractivity contribution < 1.29 is 67.3 Å². The summed E-state index contributed by atoms with van der Waals surface area (Å²) in [4.78, 5) is 36.3. The van der Waals surface area contributed by atoms with Crippen LogP contribution in [0.1, 0.15) is 43.0 Å². The molecule has 0 saturated carbocycles. The third-order valence-electron chi connectivity index (χ3n) is 12.8. The average Bonchev–Trinajstić information content (AvgIpc) is 1.69. The van der Waals surface area contributed by atoms with E-state index in [1.165, 1.54) is 74.6 Å². The van der Waals surface area contributed by atoms with Crippen molar-refractivity contribution in [3.63, 3.8) is 0 Å². The van der Waals surface area contributed by atoms with Crippen LogP contribution in [0.4, 0.5) is 11.4 Å². The summed E-state index contributed by atoms with van der Waals surface area (Å²) >= 11 is 2.06. The number of thioether (sulfide) groups is 2. The van der Waals surface area contributed by atoms with Crippen LogP contribution in [0.5, 0.6) is 23.0 Å². The molecule has 0 aliphatic carbocycles. The number of nitrogens with two attached hydrogens (primary N) is 1. The van der Waals surface area contributed by atoms with Gasteiger partial charge in [-0.2, -0.15) is 16.8 Å². The van der Waals surface area contributed by atoms with Gasteiger partial charge in [0.2, 0.25) is 10.0 Å². The monoisotopic (exact) mass is 1380 g/mol. The molecule has 0 atom stereocenters. The van der Waals surface area contributed by atoms with Gasteiger partial charge in [-0.1, -0.05) is 119 Å². The smallest absolute Gasteiger partial charge is 0.335 e. The van der Waals surface area contributed by atoms with Crippen molar-refractivity contribution in [2.24, 2.45) is 15.4 Å². The van der Waals surface area contributed by atoms with Gasteiger partial charge < -0.3 is 24.1 Å². The van der Waals surface area contributed by atoms with Gasteiger partial charge in [-0.15, -0.1) is 23.5 Å². The van der Waals surface area contributed by atoms with Crippen LogP contribution in [0, 0.1) is 0 Å². The number of aromatic carboxylic acids is 1. The highest BCUT2D eigenvalue weighted by molar-refractivity contribution is 7.99. The summed E-state index contributed by atoms with van der Waals surface area (Å²) in [7, 11) is -1.70. The van der Waals surface area contributed by atoms with Crippen molar-refractivity contribution in [1.82, 2.24) is 9.80 Å². The number of hydrogen-bond donors (Lipinski definition) is 2. The summed E-state index contributed by atoms with van der Waals surface area (Å²) in [5.74, 6) is 1.31. The number of ether oxygens (including phenoxy) is 4. The number of methoxy groups -OCH3 is 4. The Bertz CT molecular complexity index is 4010. The second-order valence-corrected chi connectivity index (χ2v) is 25.3. The SMILES string of the molecule is COc1cc(OC)cc(C(=O)CS(=O)(=O)c2ccc(CN(CCSc3ccccc3)Cc3ccc(N=[N+]=[N-])cc3)cc2)c1.COc1cc(OC)cc(C(=O)O)c1.O=S=O.O=S=O.[N-]=[N+]=Nc1ccc(CN(CCSc2ccccc2)Cc2ccc(S(N)(=O)=O)cc2)cc1. The number of carboxylic acids is 1. The zero-order valence-corrected chi connectivity index (χ0v) is 55.5. The fourth-order valence-electron chi connectivity index (χ4n) is 8.34. The number of hydrogen-bond acceptors (Lipinski definition) is 20. The molecule has 0 aromatic heterocycles. The molecule has 0 amide bonds. The second-order valence-electron chi connectivity index (χ2n) is 19.1. The Balaban J connectivity index is 0.000000319. The van der Waals surface area contributed by atoms with Gasteiger partial charge >= 0.3 is 29.1 Å². The van der Waals surface area contributed by atoms with Gasteiger partial charge in [0.25, 0.3) is 0 Å². The Morgan fingerprint density at radius 1 is 0.484 bits per heavy atom. The van der Waals surface area contributed by atoms with E-state index in [0.29, 0.717) is 60.6 Å². The van der Waals surface area contributed by atoms with E-state index >= 15 is 0 Å². The summed E-state index contributed by atoms with van der Waals surface area (Å²) in [6.07, 6.45) is 0. The number of sulfonamides is 1. The van der Waals surface area contributed by atoms with Gasteiger partial charge in [0.15, 0.2) is 15.6 Å². The van der Waals surface area contributed by atoms with Crippen LogP contribution in [0.15, 0.2) is 224 Å². The van der Waals surface area contributed by atoms with E-state index in [1.807, 2.05) is 60.7 Å². The Hall–Kier alpha value is -9.16. The highest BCUT2D eigenvalue weighted by Crippen LogP contribution is 2.27. The molecule has 0 unspecified atom stereocenters. The van der Waals surface area contributed by atoms with Crippen molar-refractivity contribution in [1.29, 1.82) is 0 Å². The molecule has 93 heavy (non-hydrogen) atoms. The molecule has 3 N–H and O–H groups in total. The predicted molar refractivity (Wildman–Crippen MR) is 358 cm³/mol. The van der Waals surface area contributed by atoms with E-state index in [1.54, 1.807) is 96.3 Å². The Kier molecular flexibility index (Phi) is 33.9. The Morgan fingerprint density at radius 2 is 0.796 bits per heavy atom. The maximum Gasteiger partial charge on any atom is 0.335 e. The number of nitrogens with zero attached hydrogens (tertiary/aromatic N) is 8. The number of benzene rings is 8. The fraction of sp³-hybridized carbons (Fsp3) is 0.206. The van der Waals surface area contributed by atoms with Crippen LogP contribution in [0.25, 0.3) is 20.9 Å². The summed E-state index contributed by atoms with van der Waals surface area (Å²) < 4.78 is 103. The lowest BCUT2D eigenvalue weighted by Gasteiger charge is -2.23. The molecule has 8 aromatic carbocycles. The number of carboxylic acid groups (broad SMARTS) is 1. The highest BCUT2D eigenvalue weighted by Gasteiger charge is 2.22. The summed E-state index contributed by atoms with van der Waals surface area (Å²) in [6.45, 7) is 4.26. The highest BCUT2D eigenvalue weighted by atomic mass is 32.2. The Morgan fingerprint density at radius 3 is 1.10 bits per heavy atom. The Labute approximate surface area is 554 Å². The first-order valence-electron chi connectivity index (χ1n) is 27.3. The van der Waals surface area contributed by atoms with Gasteiger partial charge in [0.05, 0.1) is 43.8 Å². The van der Waals surface area contributed by atoms with E-state index < -0.39 is 60.5 Å². The normalized spacial score (nSPS) is 10.5. The minimum Gasteiger partial charge on any atom is -0.497 e. The number of carbonyl (C=O) groups excluding carboxylic acids is 1. The molecule has 8 aromatic rings. The van der Waals surface area contributed by atoms with E-state index in [0.717, 1.165) is 46.8 Å². The van der Waals surface area contributed by atoms with Crippen molar-refractivity contribution in [3.05, 3.63) is 248 Å². The van der Waals surface area contributed by atoms with Crippen LogP contribution in [-0.2, 0) is 69.2 Å². The third-order valence-corrected chi connectivity index (χ3v) is 17.3. The molecule has 0 spiro atoms. The van der Waals surface area contributed by atoms with E-state index in [4.69, 9.17) is 57.1 Å². The molecule has 0 fully saturated rings. The first kappa shape index (κ1) is 76.3. The number of rotatable bonds is 28. The number of sulfone groups is 1. The lowest BCUT2D eigenvalue weighted by Crippen LogP contribution is -2.25. The number of ketones is 1. The maximum absolute atomic E-state index is 13.1. The largest absolute Gasteiger partial charge is 0.497 e. The maximum atomic E-state index is 13.1. The van der Waals surface area contributed by atoms with Gasteiger partial charge in [0, 0.05) is 99.5 Å². The number of primary sulfonamides is 1. The van der Waals surface area contributed by atoms with Crippen molar-refractivity contribution in [2.45, 2.75) is 45.8 Å². The van der Waals surface area contributed by atoms with Crippen molar-refractivity contribution in [3.8, 4) is 23.0 Å². The standard InChI is InChI=1S/C32H32N4O5S2.C22H23N5O2S2.C9H10O4.2O2S/c1-40-28-18-26(19-29(20-28)41-2)32(37)23-43(38,39)31-14-10-25(11-15-31)22-36(16-17-42-30-6-4-3-5-7-30)21-24-8-12-27(13-9-24)34-35-33;23-26-25-20-10-6-18(7-11-20)16-27(14-15-30-21-4-2-1-3-5-21)17-19-8-12-22(13-9-19)31(24,28)29;1-12-7-3-6(9(10)11)4-8(5-7)13-2;2*1-3-2/h3-15,18-20H,16-17,21-23H2,1-2H3;1-13H,14-17H2,(H2,24,28,29);3-5H,1-2H3,(H,10,11);;. The van der Waals surface area contributed by atoms with Crippen molar-refractivity contribution in [2.75, 3.05) is 58.8 Å². The zero-order valence-electron chi connectivity index (χ0n) is 50.6. The topological polar surface area (TPSA) is 358 Å². The van der Waals surface area contributed by atoms with Gasteiger partial charge in [-0.05, 0) is 106 Å². The third kappa shape index (κ3) is 28.5. The van der Waals surface area contributed by atoms with Gasteiger partial charge in [-0.3, -0.25) is 14.6 Å². The number of azide groups is 2. The lowest BCUT2D eigenvalue weighted by molar-refractivity contribution is 0.0695. The van der Waals surface area contributed by atoms with E-state index in [-0.39, 0.29) is 20.9 Å². The molecule has 0 bridgehead atoms. The van der Waals surface area contributed by atoms with Crippen molar-refractivity contribution >= 4 is 89.7 Å². The minimum absolute atomic E-state index is 0.0827. The summed E-state index contributed by atoms with van der Waals surface area (Å²) in [5, 5.41) is 21.2. The lowest BCUT2D eigenvalue weighted by atomic mass is 10.1. The second kappa shape index (κ2) is 41.3. The van der Waals surface area contributed by atoms with Crippen LogP contribution < -0.4 is 24.1 Å². The molecule has 0 heterocycles. The summed E-state index contributed by atoms with van der Waals surface area (Å²) in [6, 6.07) is 57.8. The van der Waals surface area contributed by atoms with E-state index in [9.17, 15) is 26.4 Å². The molecule has 8 rings (SSSR count). The molecule has 0 saturated heterocycles. The van der Waals surface area contributed by atoms with E-state index in [2.05, 4.69) is 54.1 Å². The van der Waals surface area contributed by atoms with Gasteiger partial charge in [0.1, 0.15) is 28.8 Å². The minimum atomic E-state index is -3.88. The van der Waals surface area contributed by atoms with Crippen LogP contribution in [0.2, 0.25) is 0 Å². The summed E-state index contributed by atoms with van der Waals surface area (Å²) in [5.41, 5.74) is 22.8. The molecular weight excluding hydrogens is 1320 g/mol. The predicted octanol–water partition coefficient (Wildman–Crippen LogP) is 12.2. The molecule has 30 heteroatoms. The first-order chi connectivity index (χ1) is 44.7. The van der Waals surface area contributed by atoms with Crippen LogP contribution in [0.3, 0.4) is 0 Å². The molecule has 0 radical (unpaired) electrons. The molecule has 488 valence electrons. The number of Topliss-reactive ketones (excluding diaryl/α,β-unsaturated/α-hetero) is 1. The number of carbonyl (C=O) groups is 2. The van der Waals surface area contributed by atoms with Crippen LogP contribution >= 0.6 is 23.5 Å². The molecule has 24 nitrogen and oxygen atoms in total. The zero-order chi connectivity index (χ0) is 68.0. The molecule has 0 aliphatic heterocycles. The quantitative estimate of drug-likeness (QED) is 0.0151. The molecular formula is C63H65N9O15S6.